The zero-order valence-corrected chi connectivity index (χ0v) is 12.7. The van der Waals surface area contributed by atoms with Gasteiger partial charge < -0.3 is 10.4 Å². The van der Waals surface area contributed by atoms with Gasteiger partial charge in [0, 0.05) is 22.1 Å². The molecule has 1 unspecified atom stereocenters. The lowest BCUT2D eigenvalue weighted by Crippen LogP contribution is -2.22. The minimum atomic E-state index is 0.0928. The average Bonchev–Trinajstić information content (AvgIpc) is 2.39. The average molecular weight is 320 g/mol. The van der Waals surface area contributed by atoms with Crippen LogP contribution in [0, 0.1) is 0 Å². The van der Waals surface area contributed by atoms with Gasteiger partial charge in [-0.3, -0.25) is 0 Å². The van der Waals surface area contributed by atoms with Crippen molar-refractivity contribution >= 4 is 15.9 Å². The molecule has 2 aromatic rings. The van der Waals surface area contributed by atoms with Crippen LogP contribution >= 0.6 is 15.9 Å². The Morgan fingerprint density at radius 1 is 1.00 bits per heavy atom. The molecule has 0 spiro atoms. The molecule has 0 fully saturated rings. The fourth-order valence-electron chi connectivity index (χ4n) is 2.19. The number of phenolic OH excluding ortho intramolecular Hbond substituents is 1. The van der Waals surface area contributed by atoms with Crippen molar-refractivity contribution in [2.45, 2.75) is 25.9 Å². The highest BCUT2D eigenvalue weighted by Crippen LogP contribution is 2.26. The first kappa shape index (κ1) is 14.1. The standard InChI is InChI=1S/C16H18BrNO/c1-11(13-6-5-7-14(17)10-13)18-12(2)15-8-3-4-9-16(15)19/h3-12,18-19H,1-2H3/t11-,12?/m0/s1. The smallest absolute Gasteiger partial charge is 0.120 e. The summed E-state index contributed by atoms with van der Waals surface area (Å²) in [6.45, 7) is 4.18. The second-order valence-corrected chi connectivity index (χ2v) is 5.64. The fraction of sp³-hybridized carbons (Fsp3) is 0.250. The quantitative estimate of drug-likeness (QED) is 0.865. The molecule has 2 rings (SSSR count). The van der Waals surface area contributed by atoms with Crippen LogP contribution in [0.3, 0.4) is 0 Å². The molecule has 0 saturated heterocycles. The van der Waals surface area contributed by atoms with Crippen molar-refractivity contribution < 1.29 is 5.11 Å². The zero-order valence-electron chi connectivity index (χ0n) is 11.1. The third kappa shape index (κ3) is 3.58. The van der Waals surface area contributed by atoms with Gasteiger partial charge in [-0.15, -0.1) is 0 Å². The Morgan fingerprint density at radius 2 is 1.74 bits per heavy atom. The number of halogens is 1. The van der Waals surface area contributed by atoms with Gasteiger partial charge in [0.15, 0.2) is 0 Å². The largest absolute Gasteiger partial charge is 0.508 e. The van der Waals surface area contributed by atoms with E-state index in [1.165, 1.54) is 5.56 Å². The fourth-order valence-corrected chi connectivity index (χ4v) is 2.61. The van der Waals surface area contributed by atoms with Gasteiger partial charge >= 0.3 is 0 Å². The first-order valence-corrected chi connectivity index (χ1v) is 7.16. The van der Waals surface area contributed by atoms with Crippen molar-refractivity contribution in [2.24, 2.45) is 0 Å². The van der Waals surface area contributed by atoms with E-state index in [0.717, 1.165) is 10.0 Å². The highest BCUT2D eigenvalue weighted by Gasteiger charge is 2.13. The number of rotatable bonds is 4. The van der Waals surface area contributed by atoms with Crippen LogP contribution in [0.1, 0.15) is 37.1 Å². The summed E-state index contributed by atoms with van der Waals surface area (Å²) in [5.41, 5.74) is 2.14. The van der Waals surface area contributed by atoms with Crippen LogP contribution in [0.15, 0.2) is 53.0 Å². The first-order valence-electron chi connectivity index (χ1n) is 6.37. The lowest BCUT2D eigenvalue weighted by Gasteiger charge is -2.21. The summed E-state index contributed by atoms with van der Waals surface area (Å²) in [6, 6.07) is 16.0. The Bertz CT molecular complexity index is 556. The summed E-state index contributed by atoms with van der Waals surface area (Å²) in [5, 5.41) is 13.4. The summed E-state index contributed by atoms with van der Waals surface area (Å²) >= 11 is 3.49. The molecule has 2 atom stereocenters. The molecule has 0 bridgehead atoms. The van der Waals surface area contributed by atoms with Crippen LogP contribution < -0.4 is 5.32 Å². The van der Waals surface area contributed by atoms with E-state index in [9.17, 15) is 5.11 Å². The predicted molar refractivity (Wildman–Crippen MR) is 82.2 cm³/mol. The van der Waals surface area contributed by atoms with Gasteiger partial charge in [-0.05, 0) is 37.6 Å². The van der Waals surface area contributed by atoms with Crippen LogP contribution in [0.2, 0.25) is 0 Å². The number of nitrogens with one attached hydrogen (secondary N) is 1. The van der Waals surface area contributed by atoms with E-state index in [2.05, 4.69) is 47.2 Å². The summed E-state index contributed by atoms with van der Waals surface area (Å²) in [4.78, 5) is 0. The maximum atomic E-state index is 9.86. The van der Waals surface area contributed by atoms with Crippen molar-refractivity contribution in [1.82, 2.24) is 5.32 Å². The lowest BCUT2D eigenvalue weighted by molar-refractivity contribution is 0.438. The first-order chi connectivity index (χ1) is 9.08. The van der Waals surface area contributed by atoms with Crippen LogP contribution in [0.4, 0.5) is 0 Å². The van der Waals surface area contributed by atoms with Crippen molar-refractivity contribution in [2.75, 3.05) is 0 Å². The molecular weight excluding hydrogens is 302 g/mol. The Labute approximate surface area is 122 Å². The van der Waals surface area contributed by atoms with E-state index < -0.39 is 0 Å². The van der Waals surface area contributed by atoms with Crippen LogP contribution in [-0.2, 0) is 0 Å². The van der Waals surface area contributed by atoms with Crippen molar-refractivity contribution in [3.8, 4) is 5.75 Å². The van der Waals surface area contributed by atoms with Crippen LogP contribution in [0.25, 0.3) is 0 Å². The Morgan fingerprint density at radius 3 is 2.42 bits per heavy atom. The highest BCUT2D eigenvalue weighted by atomic mass is 79.9. The molecule has 19 heavy (non-hydrogen) atoms. The maximum absolute atomic E-state index is 9.86. The zero-order chi connectivity index (χ0) is 13.8. The number of para-hydroxylation sites is 1. The molecule has 2 N–H and O–H groups in total. The van der Waals surface area contributed by atoms with Crippen LogP contribution in [0.5, 0.6) is 5.75 Å². The topological polar surface area (TPSA) is 32.3 Å². The van der Waals surface area contributed by atoms with E-state index in [1.807, 2.05) is 30.3 Å². The number of hydrogen-bond acceptors (Lipinski definition) is 2. The van der Waals surface area contributed by atoms with Gasteiger partial charge in [0.1, 0.15) is 5.75 Å². The van der Waals surface area contributed by atoms with Crippen LogP contribution in [-0.4, -0.2) is 5.11 Å². The summed E-state index contributed by atoms with van der Waals surface area (Å²) in [5.74, 6) is 0.337. The molecule has 0 aliphatic carbocycles. The summed E-state index contributed by atoms with van der Waals surface area (Å²) < 4.78 is 1.08. The molecular formula is C16H18BrNO. The van der Waals surface area contributed by atoms with E-state index >= 15 is 0 Å². The predicted octanol–water partition coefficient (Wildman–Crippen LogP) is 4.57. The monoisotopic (exact) mass is 319 g/mol. The molecule has 0 aromatic heterocycles. The molecule has 2 aromatic carbocycles. The molecule has 0 aliphatic rings. The molecule has 0 amide bonds. The number of hydrogen-bond donors (Lipinski definition) is 2. The van der Waals surface area contributed by atoms with Gasteiger partial charge in [-0.25, -0.2) is 0 Å². The summed E-state index contributed by atoms with van der Waals surface area (Å²) in [7, 11) is 0. The summed E-state index contributed by atoms with van der Waals surface area (Å²) in [6.07, 6.45) is 0. The third-order valence-corrected chi connectivity index (χ3v) is 3.75. The molecule has 100 valence electrons. The molecule has 0 radical (unpaired) electrons. The van der Waals surface area contributed by atoms with Gasteiger partial charge in [-0.2, -0.15) is 0 Å². The highest BCUT2D eigenvalue weighted by molar-refractivity contribution is 9.10. The third-order valence-electron chi connectivity index (χ3n) is 3.25. The SMILES string of the molecule is CC(N[C@@H](C)c1cccc(Br)c1)c1ccccc1O. The Kier molecular flexibility index (Phi) is 4.61. The second-order valence-electron chi connectivity index (χ2n) is 4.72. The number of phenols is 1. The van der Waals surface area contributed by atoms with Gasteiger partial charge in [0.25, 0.3) is 0 Å². The Balaban J connectivity index is 2.11. The lowest BCUT2D eigenvalue weighted by atomic mass is 10.0. The number of benzene rings is 2. The van der Waals surface area contributed by atoms with E-state index in [-0.39, 0.29) is 12.1 Å². The minimum absolute atomic E-state index is 0.0928. The number of aromatic hydroxyl groups is 1. The van der Waals surface area contributed by atoms with E-state index in [4.69, 9.17) is 0 Å². The van der Waals surface area contributed by atoms with Crippen molar-refractivity contribution in [1.29, 1.82) is 0 Å². The minimum Gasteiger partial charge on any atom is -0.508 e. The molecule has 0 saturated carbocycles. The molecule has 0 aliphatic heterocycles. The van der Waals surface area contributed by atoms with E-state index in [0.29, 0.717) is 5.75 Å². The normalized spacial score (nSPS) is 14.1. The second kappa shape index (κ2) is 6.22. The van der Waals surface area contributed by atoms with Gasteiger partial charge in [0.05, 0.1) is 0 Å². The maximum Gasteiger partial charge on any atom is 0.120 e. The van der Waals surface area contributed by atoms with Gasteiger partial charge in [-0.1, -0.05) is 46.3 Å². The van der Waals surface area contributed by atoms with Gasteiger partial charge in [0.2, 0.25) is 0 Å². The van der Waals surface area contributed by atoms with Crippen molar-refractivity contribution in [3.05, 3.63) is 64.1 Å². The van der Waals surface area contributed by atoms with Crippen molar-refractivity contribution in [3.63, 3.8) is 0 Å². The molecule has 3 heteroatoms. The molecule has 2 nitrogen and oxygen atoms in total. The molecule has 0 heterocycles. The van der Waals surface area contributed by atoms with E-state index in [1.54, 1.807) is 6.07 Å². The Hall–Kier alpha value is -1.32.